The first-order chi connectivity index (χ1) is 12.5. The molecule has 0 saturated carbocycles. The van der Waals surface area contributed by atoms with Gasteiger partial charge in [-0.3, -0.25) is 14.4 Å². The molecule has 1 aromatic heterocycles. The number of Topliss-reactive ketones (excluding diaryl/α,β-unsaturated/α-hetero) is 1. The highest BCUT2D eigenvalue weighted by molar-refractivity contribution is 6.06. The monoisotopic (exact) mass is 346 g/mol. The average molecular weight is 346 g/mol. The van der Waals surface area contributed by atoms with Gasteiger partial charge in [0.15, 0.2) is 5.78 Å². The number of carbonyl (C=O) groups excluding carboxylic acids is 2. The first kappa shape index (κ1) is 16.3. The van der Waals surface area contributed by atoms with E-state index in [4.69, 9.17) is 0 Å². The minimum atomic E-state index is -0.467. The topological polar surface area (TPSA) is 68.2 Å². The van der Waals surface area contributed by atoms with Crippen LogP contribution in [0.3, 0.4) is 0 Å². The molecule has 26 heavy (non-hydrogen) atoms. The van der Waals surface area contributed by atoms with E-state index in [2.05, 4.69) is 12.2 Å². The fourth-order valence-electron chi connectivity index (χ4n) is 3.59. The third-order valence-electron chi connectivity index (χ3n) is 4.90. The number of para-hydroxylation sites is 1. The zero-order valence-corrected chi connectivity index (χ0v) is 14.6. The van der Waals surface area contributed by atoms with Crippen molar-refractivity contribution in [3.8, 4) is 0 Å². The van der Waals surface area contributed by atoms with Crippen LogP contribution in [0.15, 0.2) is 53.5 Å². The number of hydrogen-bond acceptors (Lipinski definition) is 3. The van der Waals surface area contributed by atoms with E-state index in [0.29, 0.717) is 16.6 Å². The first-order valence-electron chi connectivity index (χ1n) is 8.55. The second-order valence-electron chi connectivity index (χ2n) is 6.74. The molecule has 3 aromatic rings. The molecule has 1 atom stereocenters. The Balaban J connectivity index is 1.77. The van der Waals surface area contributed by atoms with Crippen LogP contribution in [0.2, 0.25) is 0 Å². The molecule has 1 aliphatic heterocycles. The number of rotatable bonds is 3. The van der Waals surface area contributed by atoms with E-state index in [0.717, 1.165) is 17.5 Å². The molecule has 4 rings (SSSR count). The Morgan fingerprint density at radius 3 is 2.69 bits per heavy atom. The maximum absolute atomic E-state index is 12.8. The van der Waals surface area contributed by atoms with Crippen molar-refractivity contribution in [2.45, 2.75) is 26.3 Å². The molecule has 0 aliphatic carbocycles. The third kappa shape index (κ3) is 2.52. The van der Waals surface area contributed by atoms with Gasteiger partial charge in [-0.05, 0) is 44.0 Å². The van der Waals surface area contributed by atoms with Crippen LogP contribution in [0.25, 0.3) is 10.9 Å². The molecule has 1 aliphatic rings. The second-order valence-corrected chi connectivity index (χ2v) is 6.74. The normalized spacial score (nSPS) is 15.2. The van der Waals surface area contributed by atoms with E-state index in [-0.39, 0.29) is 22.8 Å². The summed E-state index contributed by atoms with van der Waals surface area (Å²) >= 11 is 0. The Morgan fingerprint density at radius 1 is 1.15 bits per heavy atom. The first-order valence-corrected chi connectivity index (χ1v) is 8.55. The number of amides is 1. The van der Waals surface area contributed by atoms with E-state index in [9.17, 15) is 14.4 Å². The Hall–Kier alpha value is -3.21. The summed E-state index contributed by atoms with van der Waals surface area (Å²) in [5, 5.41) is 3.30. The molecular weight excluding hydrogens is 328 g/mol. The molecule has 130 valence electrons. The summed E-state index contributed by atoms with van der Waals surface area (Å²) in [6.45, 7) is 3.54. The van der Waals surface area contributed by atoms with Crippen molar-refractivity contribution < 1.29 is 9.59 Å². The molecule has 0 saturated heterocycles. The lowest BCUT2D eigenvalue weighted by Crippen LogP contribution is -2.23. The summed E-state index contributed by atoms with van der Waals surface area (Å²) < 4.78 is 2.01. The number of ketones is 1. The van der Waals surface area contributed by atoms with Crippen LogP contribution in [-0.2, 0) is 6.42 Å². The smallest absolute Gasteiger partial charge is 0.261 e. The molecule has 1 N–H and O–H groups in total. The average Bonchev–Trinajstić information content (AvgIpc) is 2.94. The van der Waals surface area contributed by atoms with Crippen LogP contribution >= 0.6 is 0 Å². The zero-order chi connectivity index (χ0) is 18.4. The fourth-order valence-corrected chi connectivity index (χ4v) is 3.59. The van der Waals surface area contributed by atoms with E-state index in [1.807, 2.05) is 16.7 Å². The van der Waals surface area contributed by atoms with E-state index in [1.54, 1.807) is 36.5 Å². The van der Waals surface area contributed by atoms with Gasteiger partial charge in [0.2, 0.25) is 5.43 Å². The molecule has 5 heteroatoms. The quantitative estimate of drug-likeness (QED) is 0.737. The zero-order valence-electron chi connectivity index (χ0n) is 14.6. The van der Waals surface area contributed by atoms with Gasteiger partial charge in [-0.25, -0.2) is 0 Å². The van der Waals surface area contributed by atoms with Gasteiger partial charge in [-0.1, -0.05) is 24.3 Å². The standard InChI is InChI=1S/C21H18N2O3/c1-12-9-15-6-4-8-17-19(15)23(12)11-18(20(17)25)21(26)22-16-7-3-5-14(10-16)13(2)24/h3-8,10-12H,9H2,1-2H3,(H,22,26)/t12-/m1/s1. The summed E-state index contributed by atoms with van der Waals surface area (Å²) in [6.07, 6.45) is 2.50. The highest BCUT2D eigenvalue weighted by atomic mass is 16.2. The molecule has 1 amide bonds. The number of hydrogen-bond donors (Lipinski definition) is 1. The van der Waals surface area contributed by atoms with E-state index >= 15 is 0 Å². The Kier molecular flexibility index (Phi) is 3.72. The van der Waals surface area contributed by atoms with E-state index < -0.39 is 5.91 Å². The number of carbonyl (C=O) groups is 2. The van der Waals surface area contributed by atoms with Crippen LogP contribution in [-0.4, -0.2) is 16.3 Å². The lowest BCUT2D eigenvalue weighted by atomic mass is 10.1. The highest BCUT2D eigenvalue weighted by Crippen LogP contribution is 2.31. The van der Waals surface area contributed by atoms with Gasteiger partial charge in [0.1, 0.15) is 5.56 Å². The molecule has 0 radical (unpaired) electrons. The van der Waals surface area contributed by atoms with Crippen molar-refractivity contribution in [2.75, 3.05) is 5.32 Å². The van der Waals surface area contributed by atoms with Crippen LogP contribution < -0.4 is 10.7 Å². The van der Waals surface area contributed by atoms with Crippen LogP contribution in [0.5, 0.6) is 0 Å². The lowest BCUT2D eigenvalue weighted by Gasteiger charge is -2.13. The summed E-state index contributed by atoms with van der Waals surface area (Å²) in [6, 6.07) is 12.5. The van der Waals surface area contributed by atoms with Gasteiger partial charge >= 0.3 is 0 Å². The Bertz CT molecular complexity index is 1130. The van der Waals surface area contributed by atoms with Crippen LogP contribution in [0.1, 0.15) is 46.2 Å². The molecule has 0 unspecified atom stereocenters. The predicted molar refractivity (Wildman–Crippen MR) is 101 cm³/mol. The number of benzene rings is 2. The van der Waals surface area contributed by atoms with Gasteiger partial charge in [-0.2, -0.15) is 0 Å². The molecule has 5 nitrogen and oxygen atoms in total. The fraction of sp³-hybridized carbons (Fsp3) is 0.190. The highest BCUT2D eigenvalue weighted by Gasteiger charge is 2.24. The maximum Gasteiger partial charge on any atom is 0.261 e. The largest absolute Gasteiger partial charge is 0.343 e. The van der Waals surface area contributed by atoms with Crippen molar-refractivity contribution in [1.82, 2.24) is 4.57 Å². The summed E-state index contributed by atoms with van der Waals surface area (Å²) in [4.78, 5) is 37.1. The number of anilines is 1. The van der Waals surface area contributed by atoms with Gasteiger partial charge < -0.3 is 9.88 Å². The van der Waals surface area contributed by atoms with Crippen molar-refractivity contribution in [1.29, 1.82) is 0 Å². The van der Waals surface area contributed by atoms with Crippen molar-refractivity contribution in [2.24, 2.45) is 0 Å². The van der Waals surface area contributed by atoms with Gasteiger partial charge in [0, 0.05) is 28.9 Å². The SMILES string of the molecule is CC(=O)c1cccc(NC(=O)c2cn3c4c(cccc4c2=O)C[C@H]3C)c1. The molecule has 2 aromatic carbocycles. The number of nitrogens with one attached hydrogen (secondary N) is 1. The van der Waals surface area contributed by atoms with Crippen LogP contribution in [0, 0.1) is 0 Å². The predicted octanol–water partition coefficient (Wildman–Crippen LogP) is 3.57. The van der Waals surface area contributed by atoms with Crippen LogP contribution in [0.4, 0.5) is 5.69 Å². The molecule has 2 heterocycles. The van der Waals surface area contributed by atoms with Gasteiger partial charge in [-0.15, -0.1) is 0 Å². The van der Waals surface area contributed by atoms with E-state index in [1.165, 1.54) is 6.92 Å². The molecule has 0 spiro atoms. The van der Waals surface area contributed by atoms with Gasteiger partial charge in [0.25, 0.3) is 5.91 Å². The third-order valence-corrected chi connectivity index (χ3v) is 4.90. The van der Waals surface area contributed by atoms with Crippen molar-refractivity contribution in [3.05, 3.63) is 75.6 Å². The molecule has 0 bridgehead atoms. The maximum atomic E-state index is 12.8. The minimum Gasteiger partial charge on any atom is -0.343 e. The minimum absolute atomic E-state index is 0.0820. The number of nitrogens with zero attached hydrogens (tertiary/aromatic N) is 1. The second kappa shape index (κ2) is 5.95. The van der Waals surface area contributed by atoms with Crippen molar-refractivity contribution >= 4 is 28.3 Å². The molecular formula is C21H18N2O3. The lowest BCUT2D eigenvalue weighted by molar-refractivity contribution is 0.101. The van der Waals surface area contributed by atoms with Gasteiger partial charge in [0.05, 0.1) is 5.52 Å². The number of aromatic nitrogens is 1. The summed E-state index contributed by atoms with van der Waals surface area (Å²) in [7, 11) is 0. The Labute approximate surface area is 150 Å². The Morgan fingerprint density at radius 2 is 1.92 bits per heavy atom. The number of pyridine rings is 1. The molecule has 0 fully saturated rings. The van der Waals surface area contributed by atoms with Crippen molar-refractivity contribution in [3.63, 3.8) is 0 Å². The summed E-state index contributed by atoms with van der Waals surface area (Å²) in [5.74, 6) is -0.549. The summed E-state index contributed by atoms with van der Waals surface area (Å²) in [5.41, 5.74) is 2.89.